The van der Waals surface area contributed by atoms with Crippen molar-refractivity contribution in [2.75, 3.05) is 19.4 Å². The van der Waals surface area contributed by atoms with Gasteiger partial charge < -0.3 is 14.8 Å². The van der Waals surface area contributed by atoms with Crippen LogP contribution in [0.5, 0.6) is 11.5 Å². The highest BCUT2D eigenvalue weighted by Crippen LogP contribution is 2.29. The number of hydrogen-bond acceptors (Lipinski definition) is 4. The molecular formula is C14H19F2NO2S. The fraction of sp³-hybridized carbons (Fsp3) is 0.571. The van der Waals surface area contributed by atoms with Crippen molar-refractivity contribution >= 4 is 11.8 Å². The fourth-order valence-electron chi connectivity index (χ4n) is 2.20. The topological polar surface area (TPSA) is 30.5 Å². The van der Waals surface area contributed by atoms with Crippen LogP contribution in [-0.2, 0) is 6.54 Å². The van der Waals surface area contributed by atoms with E-state index in [0.29, 0.717) is 17.5 Å². The second kappa shape index (κ2) is 7.69. The van der Waals surface area contributed by atoms with Gasteiger partial charge in [-0.05, 0) is 36.3 Å². The number of hydrogen-bond donors (Lipinski definition) is 1. The van der Waals surface area contributed by atoms with Crippen molar-refractivity contribution in [3.05, 3.63) is 23.8 Å². The zero-order valence-electron chi connectivity index (χ0n) is 11.4. The molecule has 1 atom stereocenters. The molecule has 3 nitrogen and oxygen atoms in total. The van der Waals surface area contributed by atoms with Crippen LogP contribution in [-0.4, -0.2) is 31.3 Å². The summed E-state index contributed by atoms with van der Waals surface area (Å²) < 4.78 is 34.1. The van der Waals surface area contributed by atoms with Gasteiger partial charge in [0, 0.05) is 18.3 Å². The number of benzene rings is 1. The highest BCUT2D eigenvalue weighted by molar-refractivity contribution is 8.00. The molecule has 1 heterocycles. The molecule has 1 aliphatic rings. The van der Waals surface area contributed by atoms with Crippen LogP contribution >= 0.6 is 11.8 Å². The molecular weight excluding hydrogens is 284 g/mol. The molecule has 1 aromatic carbocycles. The summed E-state index contributed by atoms with van der Waals surface area (Å²) in [4.78, 5) is 0. The number of rotatable bonds is 7. The summed E-state index contributed by atoms with van der Waals surface area (Å²) in [5.74, 6) is 1.64. The molecule has 1 N–H and O–H groups in total. The molecule has 1 saturated heterocycles. The van der Waals surface area contributed by atoms with Crippen molar-refractivity contribution in [3.63, 3.8) is 0 Å². The lowest BCUT2D eigenvalue weighted by molar-refractivity contribution is -0.0512. The first-order chi connectivity index (χ1) is 9.69. The average molecular weight is 303 g/mol. The zero-order chi connectivity index (χ0) is 14.4. The molecule has 0 spiro atoms. The first-order valence-electron chi connectivity index (χ1n) is 6.63. The molecule has 2 rings (SSSR count). The Bertz CT molecular complexity index is 426. The molecule has 0 bridgehead atoms. The van der Waals surface area contributed by atoms with Crippen LogP contribution in [0.3, 0.4) is 0 Å². The molecule has 1 aliphatic heterocycles. The Labute approximate surface area is 122 Å². The summed E-state index contributed by atoms with van der Waals surface area (Å²) >= 11 is 1.99. The standard InChI is InChI=1S/C14H19F2NO2S/c1-18-12-5-4-10(7-13(12)19-14(15)16)8-17-9-11-3-2-6-20-11/h4-5,7,11,14,17H,2-3,6,8-9H2,1H3. The molecule has 0 aliphatic carbocycles. The van der Waals surface area contributed by atoms with Crippen LogP contribution < -0.4 is 14.8 Å². The number of halogens is 2. The van der Waals surface area contributed by atoms with Gasteiger partial charge in [0.25, 0.3) is 0 Å². The van der Waals surface area contributed by atoms with E-state index in [1.165, 1.54) is 25.7 Å². The molecule has 0 saturated carbocycles. The summed E-state index contributed by atoms with van der Waals surface area (Å²) in [6.45, 7) is -1.26. The van der Waals surface area contributed by atoms with E-state index in [0.717, 1.165) is 12.1 Å². The average Bonchev–Trinajstić information content (AvgIpc) is 2.91. The minimum Gasteiger partial charge on any atom is -0.493 e. The van der Waals surface area contributed by atoms with Crippen molar-refractivity contribution in [1.29, 1.82) is 0 Å². The highest BCUT2D eigenvalue weighted by atomic mass is 32.2. The number of thioether (sulfide) groups is 1. The van der Waals surface area contributed by atoms with Gasteiger partial charge in [-0.3, -0.25) is 0 Å². The maximum Gasteiger partial charge on any atom is 0.387 e. The molecule has 1 unspecified atom stereocenters. The first kappa shape index (κ1) is 15.4. The third kappa shape index (κ3) is 4.52. The van der Waals surface area contributed by atoms with Crippen molar-refractivity contribution < 1.29 is 18.3 Å². The predicted octanol–water partition coefficient (Wildman–Crippen LogP) is 3.28. The Morgan fingerprint density at radius 1 is 1.40 bits per heavy atom. The number of alkyl halides is 2. The third-order valence-electron chi connectivity index (χ3n) is 3.17. The predicted molar refractivity (Wildman–Crippen MR) is 76.8 cm³/mol. The van der Waals surface area contributed by atoms with E-state index >= 15 is 0 Å². The number of nitrogens with one attached hydrogen (secondary N) is 1. The summed E-state index contributed by atoms with van der Waals surface area (Å²) in [6, 6.07) is 5.10. The minimum absolute atomic E-state index is 0.0806. The van der Waals surface area contributed by atoms with E-state index in [1.807, 2.05) is 17.8 Å². The zero-order valence-corrected chi connectivity index (χ0v) is 12.2. The Morgan fingerprint density at radius 3 is 2.90 bits per heavy atom. The van der Waals surface area contributed by atoms with Gasteiger partial charge in [-0.15, -0.1) is 0 Å². The molecule has 6 heteroatoms. The smallest absolute Gasteiger partial charge is 0.387 e. The van der Waals surface area contributed by atoms with Crippen LogP contribution in [0.1, 0.15) is 18.4 Å². The summed E-state index contributed by atoms with van der Waals surface area (Å²) in [5, 5.41) is 4.03. The maximum absolute atomic E-state index is 12.3. The van der Waals surface area contributed by atoms with E-state index in [-0.39, 0.29) is 5.75 Å². The largest absolute Gasteiger partial charge is 0.493 e. The van der Waals surface area contributed by atoms with Gasteiger partial charge in [0.1, 0.15) is 0 Å². The molecule has 112 valence electrons. The molecule has 0 radical (unpaired) electrons. The summed E-state index contributed by atoms with van der Waals surface area (Å²) in [6.07, 6.45) is 2.53. The van der Waals surface area contributed by atoms with Crippen LogP contribution in [0, 0.1) is 0 Å². The Balaban J connectivity index is 1.90. The van der Waals surface area contributed by atoms with Gasteiger partial charge in [-0.2, -0.15) is 20.5 Å². The van der Waals surface area contributed by atoms with Gasteiger partial charge in [0.15, 0.2) is 11.5 Å². The quantitative estimate of drug-likeness (QED) is 0.837. The van der Waals surface area contributed by atoms with Gasteiger partial charge >= 0.3 is 6.61 Å². The molecule has 1 aromatic rings. The van der Waals surface area contributed by atoms with Gasteiger partial charge in [-0.1, -0.05) is 6.07 Å². The SMILES string of the molecule is COc1ccc(CNCC2CCCS2)cc1OC(F)F. The first-order valence-corrected chi connectivity index (χ1v) is 7.68. The van der Waals surface area contributed by atoms with Crippen molar-refractivity contribution in [2.45, 2.75) is 31.2 Å². The van der Waals surface area contributed by atoms with Crippen LogP contribution in [0.25, 0.3) is 0 Å². The Kier molecular flexibility index (Phi) is 5.91. The lowest BCUT2D eigenvalue weighted by Gasteiger charge is -2.13. The van der Waals surface area contributed by atoms with Gasteiger partial charge in [-0.25, -0.2) is 0 Å². The Hall–Kier alpha value is -1.01. The lowest BCUT2D eigenvalue weighted by Crippen LogP contribution is -2.22. The van der Waals surface area contributed by atoms with E-state index in [2.05, 4.69) is 10.1 Å². The van der Waals surface area contributed by atoms with Crippen LogP contribution in [0.4, 0.5) is 8.78 Å². The Morgan fingerprint density at radius 2 is 2.25 bits per heavy atom. The van der Waals surface area contributed by atoms with Gasteiger partial charge in [0.05, 0.1) is 7.11 Å². The fourth-order valence-corrected chi connectivity index (χ4v) is 3.44. The monoisotopic (exact) mass is 303 g/mol. The minimum atomic E-state index is -2.85. The second-order valence-electron chi connectivity index (χ2n) is 4.63. The number of methoxy groups -OCH3 is 1. The maximum atomic E-state index is 12.3. The second-order valence-corrected chi connectivity index (χ2v) is 6.04. The third-order valence-corrected chi connectivity index (χ3v) is 4.57. The molecule has 20 heavy (non-hydrogen) atoms. The van der Waals surface area contributed by atoms with E-state index in [9.17, 15) is 8.78 Å². The van der Waals surface area contributed by atoms with E-state index in [1.54, 1.807) is 12.1 Å². The summed E-state index contributed by atoms with van der Waals surface area (Å²) in [5.41, 5.74) is 0.907. The summed E-state index contributed by atoms with van der Waals surface area (Å²) in [7, 11) is 1.43. The van der Waals surface area contributed by atoms with Gasteiger partial charge in [0.2, 0.25) is 0 Å². The highest BCUT2D eigenvalue weighted by Gasteiger charge is 2.15. The van der Waals surface area contributed by atoms with Crippen molar-refractivity contribution in [3.8, 4) is 11.5 Å². The van der Waals surface area contributed by atoms with Crippen molar-refractivity contribution in [2.24, 2.45) is 0 Å². The molecule has 0 amide bonds. The van der Waals surface area contributed by atoms with E-state index < -0.39 is 6.61 Å². The van der Waals surface area contributed by atoms with Crippen molar-refractivity contribution in [1.82, 2.24) is 5.32 Å². The lowest BCUT2D eigenvalue weighted by atomic mass is 10.2. The molecule has 0 aromatic heterocycles. The normalized spacial score (nSPS) is 18.5. The van der Waals surface area contributed by atoms with Crippen LogP contribution in [0.2, 0.25) is 0 Å². The number of ether oxygens (including phenoxy) is 2. The van der Waals surface area contributed by atoms with Crippen LogP contribution in [0.15, 0.2) is 18.2 Å². The molecule has 1 fully saturated rings. The van der Waals surface area contributed by atoms with E-state index in [4.69, 9.17) is 4.74 Å².